The van der Waals surface area contributed by atoms with Crippen molar-refractivity contribution < 1.29 is 14.5 Å². The molecule has 1 aliphatic carbocycles. The molecule has 0 unspecified atom stereocenters. The molecule has 0 spiro atoms. The lowest BCUT2D eigenvalue weighted by atomic mass is 10.1. The second-order valence-corrected chi connectivity index (χ2v) is 8.25. The first kappa shape index (κ1) is 23.1. The van der Waals surface area contributed by atoms with Gasteiger partial charge in [0.25, 0.3) is 11.6 Å². The lowest BCUT2D eigenvalue weighted by molar-refractivity contribution is -0.384. The van der Waals surface area contributed by atoms with Gasteiger partial charge in [0, 0.05) is 40.6 Å². The molecule has 1 saturated carbocycles. The molecule has 10 heteroatoms. The summed E-state index contributed by atoms with van der Waals surface area (Å²) in [5.74, 6) is -0.493. The van der Waals surface area contributed by atoms with E-state index in [0.717, 1.165) is 18.4 Å². The van der Waals surface area contributed by atoms with Crippen LogP contribution >= 0.6 is 11.6 Å². The molecule has 0 aliphatic heterocycles. The molecular weight excluding hydrogens is 458 g/mol. The second kappa shape index (κ2) is 10.2. The maximum absolute atomic E-state index is 12.7. The zero-order chi connectivity index (χ0) is 24.1. The highest BCUT2D eigenvalue weighted by atomic mass is 35.5. The third-order valence-electron chi connectivity index (χ3n) is 5.20. The Morgan fingerprint density at radius 2 is 1.65 bits per heavy atom. The summed E-state index contributed by atoms with van der Waals surface area (Å²) in [6.07, 6.45) is 1.99. The number of rotatable bonds is 8. The molecule has 0 atom stereocenters. The van der Waals surface area contributed by atoms with Crippen molar-refractivity contribution in [2.75, 3.05) is 16.0 Å². The minimum absolute atomic E-state index is 0.140. The molecule has 3 aromatic carbocycles. The lowest BCUT2D eigenvalue weighted by Crippen LogP contribution is -2.30. The second-order valence-electron chi connectivity index (χ2n) is 7.84. The van der Waals surface area contributed by atoms with Crippen molar-refractivity contribution in [1.29, 1.82) is 0 Å². The van der Waals surface area contributed by atoms with Crippen LogP contribution in [0, 0.1) is 10.1 Å². The Morgan fingerprint density at radius 3 is 2.29 bits per heavy atom. The Labute approximate surface area is 200 Å². The Kier molecular flexibility index (Phi) is 6.93. The summed E-state index contributed by atoms with van der Waals surface area (Å²) in [5, 5.41) is 23.4. The third-order valence-corrected chi connectivity index (χ3v) is 5.57. The van der Waals surface area contributed by atoms with Gasteiger partial charge in [0.05, 0.1) is 4.92 Å². The van der Waals surface area contributed by atoms with E-state index in [1.807, 2.05) is 12.1 Å². The van der Waals surface area contributed by atoms with Crippen molar-refractivity contribution in [3.8, 4) is 0 Å². The van der Waals surface area contributed by atoms with Crippen LogP contribution in [0.3, 0.4) is 0 Å². The van der Waals surface area contributed by atoms with Crippen molar-refractivity contribution in [3.63, 3.8) is 0 Å². The molecule has 3 aromatic rings. The van der Waals surface area contributed by atoms with Crippen molar-refractivity contribution in [3.05, 3.63) is 93.0 Å². The maximum atomic E-state index is 12.7. The van der Waals surface area contributed by atoms with Gasteiger partial charge in [0.15, 0.2) is 0 Å². The summed E-state index contributed by atoms with van der Waals surface area (Å²) in [7, 11) is 0. The Balaban J connectivity index is 1.40. The van der Waals surface area contributed by atoms with Crippen LogP contribution in [0.4, 0.5) is 27.5 Å². The number of urea groups is 1. The van der Waals surface area contributed by atoms with Gasteiger partial charge >= 0.3 is 6.03 Å². The number of nitrogens with one attached hydrogen (secondary N) is 4. The number of anilines is 3. The van der Waals surface area contributed by atoms with Crippen LogP contribution in [0.2, 0.25) is 5.02 Å². The number of hydrogen-bond donors (Lipinski definition) is 4. The largest absolute Gasteiger partial charge is 0.375 e. The first-order chi connectivity index (χ1) is 16.4. The number of nitro benzene ring substituents is 1. The van der Waals surface area contributed by atoms with Gasteiger partial charge in [-0.3, -0.25) is 14.9 Å². The lowest BCUT2D eigenvalue weighted by Gasteiger charge is -2.11. The number of amides is 3. The molecule has 0 heterocycles. The van der Waals surface area contributed by atoms with Crippen molar-refractivity contribution in [2.45, 2.75) is 25.4 Å². The minimum atomic E-state index is -0.543. The summed E-state index contributed by atoms with van der Waals surface area (Å²) in [5.41, 5.74) is 2.06. The van der Waals surface area contributed by atoms with Crippen LogP contribution in [0.15, 0.2) is 66.7 Å². The van der Waals surface area contributed by atoms with E-state index in [1.54, 1.807) is 36.4 Å². The van der Waals surface area contributed by atoms with Crippen LogP contribution in [0.25, 0.3) is 0 Å². The van der Waals surface area contributed by atoms with Gasteiger partial charge in [-0.1, -0.05) is 29.8 Å². The van der Waals surface area contributed by atoms with E-state index < -0.39 is 10.8 Å². The standard InChI is InChI=1S/C24H22ClN5O4/c25-20-4-2-1-3-16(20)14-26-21-12-5-15(13-22(21)30(33)34)23(31)27-17-6-8-18(9-7-17)28-24(32)29-19-10-11-19/h1-9,12-13,19,26H,10-11,14H2,(H,27,31)(H2,28,29,32). The van der Waals surface area contributed by atoms with Crippen LogP contribution < -0.4 is 21.3 Å². The molecule has 1 aliphatic rings. The van der Waals surface area contributed by atoms with Gasteiger partial charge in [-0.15, -0.1) is 0 Å². The normalized spacial score (nSPS) is 12.5. The SMILES string of the molecule is O=C(Nc1ccc(NC(=O)c2ccc(NCc3ccccc3Cl)c([N+](=O)[O-])c2)cc1)NC1CC1. The molecule has 1 fully saturated rings. The first-order valence-electron chi connectivity index (χ1n) is 10.6. The topological polar surface area (TPSA) is 125 Å². The number of carbonyl (C=O) groups excluding carboxylic acids is 2. The zero-order valence-electron chi connectivity index (χ0n) is 18.0. The molecule has 4 N–H and O–H groups in total. The van der Waals surface area contributed by atoms with Gasteiger partial charge in [-0.25, -0.2) is 4.79 Å². The van der Waals surface area contributed by atoms with Crippen LogP contribution in [-0.4, -0.2) is 22.9 Å². The Morgan fingerprint density at radius 1 is 0.971 bits per heavy atom. The molecule has 3 amide bonds. The molecule has 0 aromatic heterocycles. The number of benzene rings is 3. The summed E-state index contributed by atoms with van der Waals surface area (Å²) < 4.78 is 0. The average Bonchev–Trinajstić information content (AvgIpc) is 3.63. The average molecular weight is 480 g/mol. The number of nitrogens with zero attached hydrogens (tertiary/aromatic N) is 1. The zero-order valence-corrected chi connectivity index (χ0v) is 18.8. The molecule has 174 valence electrons. The van der Waals surface area contributed by atoms with E-state index in [9.17, 15) is 19.7 Å². The third kappa shape index (κ3) is 6.02. The Bertz CT molecular complexity index is 1230. The van der Waals surface area contributed by atoms with Gasteiger partial charge in [-0.05, 0) is 60.9 Å². The summed E-state index contributed by atoms with van der Waals surface area (Å²) in [4.78, 5) is 35.5. The van der Waals surface area contributed by atoms with Gasteiger partial charge in [-0.2, -0.15) is 0 Å². The van der Waals surface area contributed by atoms with Crippen molar-refractivity contribution in [2.24, 2.45) is 0 Å². The summed E-state index contributed by atoms with van der Waals surface area (Å²) >= 11 is 6.14. The summed E-state index contributed by atoms with van der Waals surface area (Å²) in [6, 6.07) is 18.0. The first-order valence-corrected chi connectivity index (χ1v) is 11.0. The monoisotopic (exact) mass is 479 g/mol. The van der Waals surface area contributed by atoms with E-state index in [-0.39, 0.29) is 29.0 Å². The number of halogens is 1. The smallest absolute Gasteiger partial charge is 0.319 e. The predicted molar refractivity (Wildman–Crippen MR) is 131 cm³/mol. The van der Waals surface area contributed by atoms with Crippen LogP contribution in [0.5, 0.6) is 0 Å². The number of carbonyl (C=O) groups is 2. The molecule has 4 rings (SSSR count). The van der Waals surface area contributed by atoms with Crippen LogP contribution in [-0.2, 0) is 6.54 Å². The molecule has 9 nitrogen and oxygen atoms in total. The molecular formula is C24H22ClN5O4. The Hall–Kier alpha value is -4.11. The molecule has 0 radical (unpaired) electrons. The van der Waals surface area contributed by atoms with Gasteiger partial charge < -0.3 is 21.3 Å². The predicted octanol–water partition coefficient (Wildman–Crippen LogP) is 5.40. The van der Waals surface area contributed by atoms with Crippen LogP contribution in [0.1, 0.15) is 28.8 Å². The number of nitro groups is 1. The minimum Gasteiger partial charge on any atom is -0.375 e. The fraction of sp³-hybridized carbons (Fsp3) is 0.167. The van der Waals surface area contributed by atoms with E-state index >= 15 is 0 Å². The van der Waals surface area contributed by atoms with E-state index in [4.69, 9.17) is 11.6 Å². The quantitative estimate of drug-likeness (QED) is 0.254. The van der Waals surface area contributed by atoms with Crippen molar-refractivity contribution in [1.82, 2.24) is 5.32 Å². The van der Waals surface area contributed by atoms with Gasteiger partial charge in [0.1, 0.15) is 5.69 Å². The van der Waals surface area contributed by atoms with E-state index in [2.05, 4.69) is 21.3 Å². The highest BCUT2D eigenvalue weighted by molar-refractivity contribution is 6.31. The molecule has 0 bridgehead atoms. The maximum Gasteiger partial charge on any atom is 0.319 e. The highest BCUT2D eigenvalue weighted by Gasteiger charge is 2.23. The van der Waals surface area contributed by atoms with Crippen molar-refractivity contribution >= 4 is 46.3 Å². The van der Waals surface area contributed by atoms with E-state index in [0.29, 0.717) is 22.9 Å². The molecule has 34 heavy (non-hydrogen) atoms. The highest BCUT2D eigenvalue weighted by Crippen LogP contribution is 2.28. The van der Waals surface area contributed by atoms with Gasteiger partial charge in [0.2, 0.25) is 0 Å². The van der Waals surface area contributed by atoms with E-state index in [1.165, 1.54) is 18.2 Å². The fourth-order valence-corrected chi connectivity index (χ4v) is 3.43. The number of hydrogen-bond acceptors (Lipinski definition) is 5. The fourth-order valence-electron chi connectivity index (χ4n) is 3.23. The summed E-state index contributed by atoms with van der Waals surface area (Å²) in [6.45, 7) is 0.297. The molecule has 0 saturated heterocycles.